The van der Waals surface area contributed by atoms with E-state index in [1.165, 1.54) is 5.56 Å². The van der Waals surface area contributed by atoms with E-state index in [9.17, 15) is 4.79 Å². The predicted octanol–water partition coefficient (Wildman–Crippen LogP) is 0.782. The van der Waals surface area contributed by atoms with E-state index < -0.39 is 0 Å². The van der Waals surface area contributed by atoms with E-state index in [0.29, 0.717) is 6.04 Å². The molecule has 4 heteroatoms. The first kappa shape index (κ1) is 11.2. The van der Waals surface area contributed by atoms with Gasteiger partial charge in [-0.2, -0.15) is 0 Å². The van der Waals surface area contributed by atoms with Gasteiger partial charge in [-0.15, -0.1) is 0 Å². The fourth-order valence-electron chi connectivity index (χ4n) is 1.58. The molecule has 1 atom stereocenters. The molecule has 0 spiro atoms. The van der Waals surface area contributed by atoms with Gasteiger partial charge >= 0.3 is 0 Å². The Kier molecular flexibility index (Phi) is 3.29. The molecule has 88 valence electrons. The van der Waals surface area contributed by atoms with Crippen LogP contribution < -0.4 is 10.6 Å². The summed E-state index contributed by atoms with van der Waals surface area (Å²) >= 11 is 0. The number of carbonyl (C=O) groups is 1. The third kappa shape index (κ3) is 3.10. The van der Waals surface area contributed by atoms with Crippen molar-refractivity contribution in [3.63, 3.8) is 0 Å². The first-order valence-corrected chi connectivity index (χ1v) is 5.80. The van der Waals surface area contributed by atoms with Crippen LogP contribution in [-0.4, -0.2) is 22.6 Å². The summed E-state index contributed by atoms with van der Waals surface area (Å²) in [4.78, 5) is 11.6. The van der Waals surface area contributed by atoms with Crippen molar-refractivity contribution in [1.29, 1.82) is 0 Å². The summed E-state index contributed by atoms with van der Waals surface area (Å²) in [6, 6.07) is 2.37. The fraction of sp³-hybridized carbons (Fsp3) is 0.583. The van der Waals surface area contributed by atoms with Crippen molar-refractivity contribution in [2.45, 2.75) is 38.4 Å². The molecule has 1 aliphatic carbocycles. The van der Waals surface area contributed by atoms with Gasteiger partial charge in [-0.1, -0.05) is 0 Å². The molecular weight excluding hydrogens is 202 g/mol. The van der Waals surface area contributed by atoms with Crippen LogP contribution in [0, 0.1) is 0 Å². The van der Waals surface area contributed by atoms with Gasteiger partial charge in [0.25, 0.3) is 0 Å². The monoisotopic (exact) mass is 221 g/mol. The van der Waals surface area contributed by atoms with Crippen LogP contribution in [0.1, 0.15) is 25.3 Å². The molecule has 0 bridgehead atoms. The summed E-state index contributed by atoms with van der Waals surface area (Å²) in [6.45, 7) is 2.64. The number of amides is 1. The molecule has 1 fully saturated rings. The standard InChI is InChI=1S/C12H19N3O/c1-9(12(16)14-11-3-4-11)13-7-10-5-6-15(2)8-10/h5-6,8-9,11,13H,3-4,7H2,1-2H3,(H,14,16). The van der Waals surface area contributed by atoms with Crippen molar-refractivity contribution in [3.8, 4) is 0 Å². The lowest BCUT2D eigenvalue weighted by molar-refractivity contribution is -0.122. The number of rotatable bonds is 5. The minimum absolute atomic E-state index is 0.110. The van der Waals surface area contributed by atoms with Gasteiger partial charge in [0, 0.05) is 32.0 Å². The molecule has 1 heterocycles. The average Bonchev–Trinajstić information content (AvgIpc) is 2.96. The zero-order valence-electron chi connectivity index (χ0n) is 9.86. The third-order valence-electron chi connectivity index (χ3n) is 2.82. The summed E-state index contributed by atoms with van der Waals surface area (Å²) in [5, 5.41) is 6.21. The molecule has 1 saturated carbocycles. The van der Waals surface area contributed by atoms with Crippen molar-refractivity contribution in [3.05, 3.63) is 24.0 Å². The molecule has 1 aromatic rings. The molecule has 1 aliphatic rings. The predicted molar refractivity (Wildman–Crippen MR) is 62.9 cm³/mol. The van der Waals surface area contributed by atoms with Crippen molar-refractivity contribution in [2.24, 2.45) is 7.05 Å². The molecule has 0 saturated heterocycles. The van der Waals surface area contributed by atoms with Crippen LogP contribution in [0.25, 0.3) is 0 Å². The first-order chi connectivity index (χ1) is 7.65. The number of carbonyl (C=O) groups excluding carboxylic acids is 1. The van der Waals surface area contributed by atoms with Crippen LogP contribution in [0.3, 0.4) is 0 Å². The molecular formula is C12H19N3O. The lowest BCUT2D eigenvalue weighted by atomic mass is 10.2. The molecule has 1 unspecified atom stereocenters. The maximum absolute atomic E-state index is 11.6. The second-order valence-corrected chi connectivity index (χ2v) is 4.57. The van der Waals surface area contributed by atoms with Crippen LogP contribution in [-0.2, 0) is 18.4 Å². The van der Waals surface area contributed by atoms with Gasteiger partial charge < -0.3 is 15.2 Å². The van der Waals surface area contributed by atoms with E-state index in [2.05, 4.69) is 22.9 Å². The van der Waals surface area contributed by atoms with Crippen LogP contribution in [0.2, 0.25) is 0 Å². The number of hydrogen-bond donors (Lipinski definition) is 2. The highest BCUT2D eigenvalue weighted by atomic mass is 16.2. The molecule has 0 aliphatic heterocycles. The first-order valence-electron chi connectivity index (χ1n) is 5.80. The molecule has 1 aromatic heterocycles. The maximum atomic E-state index is 11.6. The summed E-state index contributed by atoms with van der Waals surface area (Å²) in [7, 11) is 1.99. The van der Waals surface area contributed by atoms with Gasteiger partial charge in [-0.25, -0.2) is 0 Å². The zero-order valence-corrected chi connectivity index (χ0v) is 9.86. The van der Waals surface area contributed by atoms with E-state index in [-0.39, 0.29) is 11.9 Å². The number of aromatic nitrogens is 1. The Labute approximate surface area is 96.0 Å². The van der Waals surface area contributed by atoms with E-state index in [1.807, 2.05) is 24.7 Å². The largest absolute Gasteiger partial charge is 0.357 e. The number of hydrogen-bond acceptors (Lipinski definition) is 2. The molecule has 2 rings (SSSR count). The van der Waals surface area contributed by atoms with Crippen molar-refractivity contribution in [1.82, 2.24) is 15.2 Å². The quantitative estimate of drug-likeness (QED) is 0.772. The number of aryl methyl sites for hydroxylation is 1. The summed E-state index contributed by atoms with van der Waals surface area (Å²) < 4.78 is 2.01. The molecule has 4 nitrogen and oxygen atoms in total. The fourth-order valence-corrected chi connectivity index (χ4v) is 1.58. The highest BCUT2D eigenvalue weighted by Crippen LogP contribution is 2.18. The van der Waals surface area contributed by atoms with Gasteiger partial charge in [0.1, 0.15) is 0 Å². The second-order valence-electron chi connectivity index (χ2n) is 4.57. The third-order valence-corrected chi connectivity index (χ3v) is 2.82. The van der Waals surface area contributed by atoms with Gasteiger partial charge in [0.2, 0.25) is 5.91 Å². The SMILES string of the molecule is CC(NCc1ccn(C)c1)C(=O)NC1CC1. The average molecular weight is 221 g/mol. The Morgan fingerprint density at radius 3 is 2.94 bits per heavy atom. The van der Waals surface area contributed by atoms with Crippen molar-refractivity contribution >= 4 is 5.91 Å². The molecule has 0 aromatic carbocycles. The lowest BCUT2D eigenvalue weighted by Crippen LogP contribution is -2.42. The van der Waals surface area contributed by atoms with Crippen LogP contribution in [0.15, 0.2) is 18.5 Å². The zero-order chi connectivity index (χ0) is 11.5. The van der Waals surface area contributed by atoms with Crippen molar-refractivity contribution < 1.29 is 4.79 Å². The minimum atomic E-state index is -0.124. The molecule has 16 heavy (non-hydrogen) atoms. The van der Waals surface area contributed by atoms with Crippen LogP contribution in [0.4, 0.5) is 0 Å². The highest BCUT2D eigenvalue weighted by Gasteiger charge is 2.25. The van der Waals surface area contributed by atoms with E-state index in [1.54, 1.807) is 0 Å². The minimum Gasteiger partial charge on any atom is -0.357 e. The summed E-state index contributed by atoms with van der Waals surface area (Å²) in [6.07, 6.45) is 6.33. The Morgan fingerprint density at radius 1 is 1.62 bits per heavy atom. The van der Waals surface area contributed by atoms with Gasteiger partial charge in [0.15, 0.2) is 0 Å². The molecule has 1 amide bonds. The molecule has 0 radical (unpaired) electrons. The summed E-state index contributed by atoms with van der Waals surface area (Å²) in [5.74, 6) is 0.110. The van der Waals surface area contributed by atoms with Gasteiger partial charge in [-0.3, -0.25) is 4.79 Å². The lowest BCUT2D eigenvalue weighted by Gasteiger charge is -2.12. The Morgan fingerprint density at radius 2 is 2.38 bits per heavy atom. The van der Waals surface area contributed by atoms with Crippen LogP contribution >= 0.6 is 0 Å². The Bertz CT molecular complexity index is 368. The van der Waals surface area contributed by atoms with E-state index in [0.717, 1.165) is 19.4 Å². The van der Waals surface area contributed by atoms with E-state index in [4.69, 9.17) is 0 Å². The topological polar surface area (TPSA) is 46.1 Å². The smallest absolute Gasteiger partial charge is 0.237 e. The number of nitrogens with zero attached hydrogens (tertiary/aromatic N) is 1. The highest BCUT2D eigenvalue weighted by molar-refractivity contribution is 5.81. The molecule has 2 N–H and O–H groups in total. The number of nitrogens with one attached hydrogen (secondary N) is 2. The Hall–Kier alpha value is -1.29. The normalized spacial score (nSPS) is 17.1. The summed E-state index contributed by atoms with van der Waals surface area (Å²) in [5.41, 5.74) is 1.20. The van der Waals surface area contributed by atoms with E-state index >= 15 is 0 Å². The maximum Gasteiger partial charge on any atom is 0.237 e. The van der Waals surface area contributed by atoms with Crippen molar-refractivity contribution in [2.75, 3.05) is 0 Å². The van der Waals surface area contributed by atoms with Gasteiger partial charge in [-0.05, 0) is 31.4 Å². The van der Waals surface area contributed by atoms with Crippen LogP contribution in [0.5, 0.6) is 0 Å². The second kappa shape index (κ2) is 4.70. The Balaban J connectivity index is 1.73. The van der Waals surface area contributed by atoms with Gasteiger partial charge in [0.05, 0.1) is 6.04 Å².